The lowest BCUT2D eigenvalue weighted by Crippen LogP contribution is -2.50. The van der Waals surface area contributed by atoms with Crippen LogP contribution >= 0.6 is 0 Å². The zero-order valence-corrected chi connectivity index (χ0v) is 17.8. The van der Waals surface area contributed by atoms with Crippen molar-refractivity contribution in [1.82, 2.24) is 9.80 Å². The van der Waals surface area contributed by atoms with Gasteiger partial charge in [0, 0.05) is 31.7 Å². The van der Waals surface area contributed by atoms with Gasteiger partial charge >= 0.3 is 6.09 Å². The number of halogens is 1. The molecule has 0 radical (unpaired) electrons. The smallest absolute Gasteiger partial charge is 0.410 e. The number of carbonyl (C=O) groups is 2. The highest BCUT2D eigenvalue weighted by atomic mass is 19.1. The maximum absolute atomic E-state index is 13.6. The predicted molar refractivity (Wildman–Crippen MR) is 108 cm³/mol. The third-order valence-electron chi connectivity index (χ3n) is 5.99. The quantitative estimate of drug-likeness (QED) is 0.742. The number of nitrogens with zero attached hydrogens (tertiary/aromatic N) is 2. The Morgan fingerprint density at radius 2 is 1.55 bits per heavy atom. The van der Waals surface area contributed by atoms with Gasteiger partial charge in [-0.05, 0) is 70.1 Å². The molecule has 2 heterocycles. The van der Waals surface area contributed by atoms with E-state index in [0.717, 1.165) is 25.7 Å². The second-order valence-electron chi connectivity index (χ2n) is 9.11. The van der Waals surface area contributed by atoms with Crippen molar-refractivity contribution >= 4 is 12.0 Å². The normalized spacial score (nSPS) is 19.2. The summed E-state index contributed by atoms with van der Waals surface area (Å²) in [7, 11) is 1.39. The Morgan fingerprint density at radius 1 is 1.00 bits per heavy atom. The summed E-state index contributed by atoms with van der Waals surface area (Å²) < 4.78 is 24.1. The molecule has 0 atom stereocenters. The van der Waals surface area contributed by atoms with E-state index in [1.807, 2.05) is 25.7 Å². The third-order valence-corrected chi connectivity index (χ3v) is 5.99. The van der Waals surface area contributed by atoms with Gasteiger partial charge in [-0.15, -0.1) is 0 Å². The van der Waals surface area contributed by atoms with Gasteiger partial charge < -0.3 is 19.3 Å². The minimum Gasteiger partial charge on any atom is -0.494 e. The fourth-order valence-electron chi connectivity index (χ4n) is 4.15. The van der Waals surface area contributed by atoms with Crippen molar-refractivity contribution in [2.24, 2.45) is 5.41 Å². The van der Waals surface area contributed by atoms with Crippen LogP contribution in [0.1, 0.15) is 56.8 Å². The zero-order chi connectivity index (χ0) is 21.2. The molecular weight excluding hydrogens is 375 g/mol. The summed E-state index contributed by atoms with van der Waals surface area (Å²) in [6, 6.07) is 4.23. The number of amides is 2. The molecule has 0 bridgehead atoms. The Kier molecular flexibility index (Phi) is 6.05. The largest absolute Gasteiger partial charge is 0.494 e. The number of carbonyl (C=O) groups excluding carboxylic acids is 2. The van der Waals surface area contributed by atoms with Gasteiger partial charge in [0.15, 0.2) is 11.6 Å². The van der Waals surface area contributed by atoms with Crippen molar-refractivity contribution in [2.45, 2.75) is 52.1 Å². The first-order chi connectivity index (χ1) is 13.6. The fraction of sp³-hybridized carbons (Fsp3) is 0.636. The van der Waals surface area contributed by atoms with E-state index < -0.39 is 11.4 Å². The third kappa shape index (κ3) is 5.00. The zero-order valence-electron chi connectivity index (χ0n) is 17.8. The molecule has 2 amide bonds. The average molecular weight is 406 g/mol. The summed E-state index contributed by atoms with van der Waals surface area (Å²) in [5.74, 6) is -0.485. The molecule has 6 nitrogen and oxygen atoms in total. The number of hydrogen-bond donors (Lipinski definition) is 0. The van der Waals surface area contributed by atoms with E-state index in [4.69, 9.17) is 9.47 Å². The molecule has 3 rings (SSSR count). The van der Waals surface area contributed by atoms with Crippen LogP contribution in [0.15, 0.2) is 18.2 Å². The molecule has 2 fully saturated rings. The van der Waals surface area contributed by atoms with E-state index in [-0.39, 0.29) is 23.2 Å². The van der Waals surface area contributed by atoms with E-state index in [0.29, 0.717) is 31.7 Å². The molecule has 2 aliphatic heterocycles. The number of benzene rings is 1. The van der Waals surface area contributed by atoms with Crippen LogP contribution < -0.4 is 4.74 Å². The number of piperidine rings is 2. The van der Waals surface area contributed by atoms with Gasteiger partial charge in [-0.2, -0.15) is 0 Å². The maximum atomic E-state index is 13.6. The highest BCUT2D eigenvalue weighted by Crippen LogP contribution is 2.41. The number of ether oxygens (including phenoxy) is 2. The summed E-state index contributed by atoms with van der Waals surface area (Å²) in [5, 5.41) is 0. The van der Waals surface area contributed by atoms with Crippen LogP contribution in [0.4, 0.5) is 9.18 Å². The Morgan fingerprint density at radius 3 is 2.07 bits per heavy atom. The minimum absolute atomic E-state index is 0.0823. The van der Waals surface area contributed by atoms with Gasteiger partial charge in [-0.25, -0.2) is 9.18 Å². The molecule has 1 aromatic carbocycles. The first kappa shape index (κ1) is 21.4. The highest BCUT2D eigenvalue weighted by Gasteiger charge is 2.40. The van der Waals surface area contributed by atoms with E-state index in [1.165, 1.54) is 25.3 Å². The highest BCUT2D eigenvalue weighted by molar-refractivity contribution is 5.94. The van der Waals surface area contributed by atoms with Crippen LogP contribution in [0.2, 0.25) is 0 Å². The molecule has 0 N–H and O–H groups in total. The lowest BCUT2D eigenvalue weighted by atomic mass is 9.71. The van der Waals surface area contributed by atoms with E-state index in [1.54, 1.807) is 4.90 Å². The van der Waals surface area contributed by atoms with Crippen LogP contribution in [0.25, 0.3) is 0 Å². The molecule has 1 aromatic rings. The van der Waals surface area contributed by atoms with Gasteiger partial charge in [-0.3, -0.25) is 4.79 Å². The lowest BCUT2D eigenvalue weighted by Gasteiger charge is -2.46. The second-order valence-corrected chi connectivity index (χ2v) is 9.11. The van der Waals surface area contributed by atoms with Gasteiger partial charge in [0.1, 0.15) is 5.60 Å². The van der Waals surface area contributed by atoms with Gasteiger partial charge in [0.25, 0.3) is 5.91 Å². The molecule has 2 saturated heterocycles. The van der Waals surface area contributed by atoms with Crippen molar-refractivity contribution in [3.05, 3.63) is 29.6 Å². The molecule has 0 saturated carbocycles. The monoisotopic (exact) mass is 406 g/mol. The molecule has 0 unspecified atom stereocenters. The van der Waals surface area contributed by atoms with Crippen LogP contribution in [0.3, 0.4) is 0 Å². The molecule has 1 spiro atoms. The van der Waals surface area contributed by atoms with Crippen LogP contribution in [-0.4, -0.2) is 60.7 Å². The van der Waals surface area contributed by atoms with Crippen molar-refractivity contribution in [3.63, 3.8) is 0 Å². The lowest BCUT2D eigenvalue weighted by molar-refractivity contribution is -0.00113. The minimum atomic E-state index is -0.485. The van der Waals surface area contributed by atoms with E-state index in [2.05, 4.69) is 0 Å². The Labute approximate surface area is 171 Å². The standard InChI is InChI=1S/C22H31FN2O4/c1-21(2,3)29-20(27)25-13-9-22(10-14-25)7-11-24(12-8-22)19(26)16-5-6-17(23)18(15-16)28-4/h5-6,15H,7-14H2,1-4H3. The van der Waals surface area contributed by atoms with Crippen LogP contribution in [-0.2, 0) is 4.74 Å². The Bertz CT molecular complexity index is 757. The summed E-state index contributed by atoms with van der Waals surface area (Å²) in [6.07, 6.45) is 3.45. The van der Waals surface area contributed by atoms with Crippen LogP contribution in [0.5, 0.6) is 5.75 Å². The SMILES string of the molecule is COc1cc(C(=O)N2CCC3(CCN(C(=O)OC(C)(C)C)CC3)CC2)ccc1F. The van der Waals surface area contributed by atoms with E-state index >= 15 is 0 Å². The average Bonchev–Trinajstić information content (AvgIpc) is 2.67. The van der Waals surface area contributed by atoms with Gasteiger partial charge in [-0.1, -0.05) is 0 Å². The number of methoxy groups -OCH3 is 1. The van der Waals surface area contributed by atoms with Gasteiger partial charge in [0.05, 0.1) is 7.11 Å². The van der Waals surface area contributed by atoms with Crippen molar-refractivity contribution in [2.75, 3.05) is 33.3 Å². The van der Waals surface area contributed by atoms with Crippen molar-refractivity contribution in [1.29, 1.82) is 0 Å². The molecule has 29 heavy (non-hydrogen) atoms. The van der Waals surface area contributed by atoms with Gasteiger partial charge in [0.2, 0.25) is 0 Å². The fourth-order valence-corrected chi connectivity index (χ4v) is 4.15. The predicted octanol–water partition coefficient (Wildman–Crippen LogP) is 4.09. The second kappa shape index (κ2) is 8.20. The molecule has 2 aliphatic rings. The molecular formula is C22H31FN2O4. The summed E-state index contributed by atoms with van der Waals surface area (Å²) in [5.41, 5.74) is 0.135. The molecule has 0 aromatic heterocycles. The number of hydrogen-bond acceptors (Lipinski definition) is 4. The topological polar surface area (TPSA) is 59.1 Å². The summed E-state index contributed by atoms with van der Waals surface area (Å²) in [6.45, 7) is 8.35. The molecule has 0 aliphatic carbocycles. The Balaban J connectivity index is 1.54. The maximum Gasteiger partial charge on any atom is 0.410 e. The Hall–Kier alpha value is -2.31. The number of rotatable bonds is 2. The summed E-state index contributed by atoms with van der Waals surface area (Å²) >= 11 is 0. The van der Waals surface area contributed by atoms with E-state index in [9.17, 15) is 14.0 Å². The first-order valence-corrected chi connectivity index (χ1v) is 10.2. The van der Waals surface area contributed by atoms with Crippen LogP contribution in [0, 0.1) is 11.2 Å². The number of likely N-dealkylation sites (tertiary alicyclic amines) is 2. The van der Waals surface area contributed by atoms with Crippen molar-refractivity contribution < 1.29 is 23.5 Å². The molecule has 7 heteroatoms. The molecule has 160 valence electrons. The summed E-state index contributed by atoms with van der Waals surface area (Å²) in [4.78, 5) is 28.7. The first-order valence-electron chi connectivity index (χ1n) is 10.2. The van der Waals surface area contributed by atoms with Crippen molar-refractivity contribution in [3.8, 4) is 5.75 Å².